The molecule has 10 heteroatoms. The highest BCUT2D eigenvalue weighted by atomic mass is 16.5. The lowest BCUT2D eigenvalue weighted by Gasteiger charge is -2.40. The zero-order chi connectivity index (χ0) is 33.9. The van der Waals surface area contributed by atoms with Gasteiger partial charge in [0, 0.05) is 87.6 Å². The van der Waals surface area contributed by atoms with Gasteiger partial charge in [-0.15, -0.1) is 0 Å². The van der Waals surface area contributed by atoms with Gasteiger partial charge in [0.2, 0.25) is 0 Å². The smallest absolute Gasteiger partial charge is 0.253 e. The number of benzene rings is 2. The van der Waals surface area contributed by atoms with Crippen LogP contribution in [0.5, 0.6) is 0 Å². The van der Waals surface area contributed by atoms with Gasteiger partial charge in [0.15, 0.2) is 0 Å². The van der Waals surface area contributed by atoms with Gasteiger partial charge >= 0.3 is 0 Å². The highest BCUT2D eigenvalue weighted by Crippen LogP contribution is 2.34. The van der Waals surface area contributed by atoms with Crippen molar-refractivity contribution >= 4 is 11.6 Å². The van der Waals surface area contributed by atoms with Gasteiger partial charge < -0.3 is 29.4 Å². The van der Waals surface area contributed by atoms with E-state index in [2.05, 4.69) is 69.2 Å². The molecule has 1 aromatic heterocycles. The van der Waals surface area contributed by atoms with E-state index < -0.39 is 0 Å². The Labute approximate surface area is 289 Å². The molecule has 4 aliphatic rings. The molecule has 3 fully saturated rings. The zero-order valence-corrected chi connectivity index (χ0v) is 29.3. The molecule has 0 spiro atoms. The van der Waals surface area contributed by atoms with Crippen LogP contribution >= 0.6 is 0 Å². The topological polar surface area (TPSA) is 99.4 Å². The molecule has 0 bridgehead atoms. The lowest BCUT2D eigenvalue weighted by molar-refractivity contribution is -0.0696. The first-order valence-corrected chi connectivity index (χ1v) is 18.1. The molecule has 10 nitrogen and oxygen atoms in total. The maximum Gasteiger partial charge on any atom is 0.253 e. The minimum Gasteiger partial charge on any atom is -0.381 e. The number of hydrogen-bond acceptors (Lipinski definition) is 8. The standard InChI is InChI=1S/C39H51N5O5/c1-4-44(31-10-15-47-16-11-31)37-20-30(29-7-5-28(6-8-29)22-42-13-17-48-18-14-42)19-34(26(37)2)38(45)40-21-35-33-9-12-43(32-24-49-25-32)23-36(33)27(3)41-39(35)46/h5-8,19-20,31-32H,4,9-18,21-25H2,1-3H3,(H,40,45)(H,41,46). The van der Waals surface area contributed by atoms with E-state index in [-0.39, 0.29) is 18.0 Å². The Morgan fingerprint density at radius 2 is 1.67 bits per heavy atom. The van der Waals surface area contributed by atoms with Crippen molar-refractivity contribution < 1.29 is 19.0 Å². The fourth-order valence-corrected chi connectivity index (χ4v) is 7.96. The van der Waals surface area contributed by atoms with E-state index in [1.165, 1.54) is 11.1 Å². The van der Waals surface area contributed by atoms with Crippen LogP contribution < -0.4 is 15.8 Å². The third-order valence-electron chi connectivity index (χ3n) is 11.0. The summed E-state index contributed by atoms with van der Waals surface area (Å²) >= 11 is 0. The first-order chi connectivity index (χ1) is 23.9. The lowest BCUT2D eigenvalue weighted by atomic mass is 9.93. The Morgan fingerprint density at radius 3 is 2.37 bits per heavy atom. The van der Waals surface area contributed by atoms with E-state index in [9.17, 15) is 9.59 Å². The van der Waals surface area contributed by atoms with Crippen molar-refractivity contribution in [3.63, 3.8) is 0 Å². The molecular weight excluding hydrogens is 618 g/mol. The number of hydrogen-bond donors (Lipinski definition) is 2. The minimum atomic E-state index is -0.162. The molecule has 0 aliphatic carbocycles. The maximum absolute atomic E-state index is 14.2. The van der Waals surface area contributed by atoms with E-state index in [4.69, 9.17) is 14.2 Å². The number of carbonyl (C=O) groups excluding carboxylic acids is 1. The van der Waals surface area contributed by atoms with Crippen LogP contribution in [0, 0.1) is 13.8 Å². The van der Waals surface area contributed by atoms with Crippen molar-refractivity contribution in [3.8, 4) is 11.1 Å². The summed E-state index contributed by atoms with van der Waals surface area (Å²) in [6.07, 6.45) is 2.71. The van der Waals surface area contributed by atoms with Crippen molar-refractivity contribution in [2.45, 2.75) is 71.8 Å². The largest absolute Gasteiger partial charge is 0.381 e. The molecule has 0 saturated carbocycles. The van der Waals surface area contributed by atoms with Crippen LogP contribution in [-0.2, 0) is 40.3 Å². The van der Waals surface area contributed by atoms with Gasteiger partial charge in [-0.25, -0.2) is 0 Å². The summed E-state index contributed by atoms with van der Waals surface area (Å²) < 4.78 is 16.7. The van der Waals surface area contributed by atoms with Crippen molar-refractivity contribution in [1.82, 2.24) is 20.1 Å². The summed E-state index contributed by atoms with van der Waals surface area (Å²) in [5.41, 5.74) is 9.77. The first-order valence-electron chi connectivity index (χ1n) is 18.1. The maximum atomic E-state index is 14.2. The van der Waals surface area contributed by atoms with Crippen LogP contribution in [0.15, 0.2) is 41.2 Å². The number of rotatable bonds is 10. The summed E-state index contributed by atoms with van der Waals surface area (Å²) in [4.78, 5) is 37.9. The number of ether oxygens (including phenoxy) is 3. The molecule has 0 radical (unpaired) electrons. The Bertz CT molecular complexity index is 1690. The monoisotopic (exact) mass is 669 g/mol. The van der Waals surface area contributed by atoms with E-state index in [0.717, 1.165) is 132 Å². The minimum absolute atomic E-state index is 0.114. The van der Waals surface area contributed by atoms with E-state index in [1.807, 2.05) is 13.0 Å². The number of aromatic nitrogens is 1. The molecule has 2 N–H and O–H groups in total. The number of nitrogens with zero attached hydrogens (tertiary/aromatic N) is 3. The van der Waals surface area contributed by atoms with Gasteiger partial charge in [-0.3, -0.25) is 19.4 Å². The number of nitrogens with one attached hydrogen (secondary N) is 2. The molecule has 0 atom stereocenters. The molecule has 1 amide bonds. The Morgan fingerprint density at radius 1 is 0.939 bits per heavy atom. The van der Waals surface area contributed by atoms with Crippen LogP contribution in [-0.4, -0.2) is 98.6 Å². The van der Waals surface area contributed by atoms with Gasteiger partial charge in [-0.1, -0.05) is 24.3 Å². The summed E-state index contributed by atoms with van der Waals surface area (Å²) in [6.45, 7) is 16.3. The van der Waals surface area contributed by atoms with Gasteiger partial charge in [0.25, 0.3) is 11.5 Å². The molecular formula is C39H51N5O5. The SMILES string of the molecule is CCN(c1cc(-c2ccc(CN3CCOCC3)cc2)cc(C(=O)NCc2c3c(c(C)[nH]c2=O)CN(C2COC2)CC3)c1C)C1CCOCC1. The Kier molecular flexibility index (Phi) is 10.5. The average molecular weight is 670 g/mol. The van der Waals surface area contributed by atoms with Crippen molar-refractivity contribution in [3.05, 3.63) is 85.8 Å². The third kappa shape index (κ3) is 7.35. The molecule has 2 aromatic carbocycles. The highest BCUT2D eigenvalue weighted by Gasteiger charge is 2.31. The number of aryl methyl sites for hydroxylation is 1. The molecule has 4 aliphatic heterocycles. The van der Waals surface area contributed by atoms with Crippen LogP contribution in [0.2, 0.25) is 0 Å². The molecule has 5 heterocycles. The second-order valence-electron chi connectivity index (χ2n) is 14.0. The zero-order valence-electron chi connectivity index (χ0n) is 29.3. The predicted octanol–water partition coefficient (Wildman–Crippen LogP) is 4.18. The first kappa shape index (κ1) is 33.9. The van der Waals surface area contributed by atoms with Gasteiger partial charge in [-0.2, -0.15) is 0 Å². The number of fused-ring (bicyclic) bond motifs is 1. The van der Waals surface area contributed by atoms with Crippen molar-refractivity contribution in [2.24, 2.45) is 0 Å². The molecule has 0 unspecified atom stereocenters. The van der Waals surface area contributed by atoms with E-state index in [0.29, 0.717) is 23.2 Å². The molecule has 7 rings (SSSR count). The fourth-order valence-electron chi connectivity index (χ4n) is 7.96. The molecule has 3 aromatic rings. The fraction of sp³-hybridized carbons (Fsp3) is 0.538. The number of anilines is 1. The number of aromatic amines is 1. The number of carbonyl (C=O) groups is 1. The quantitative estimate of drug-likeness (QED) is 0.332. The van der Waals surface area contributed by atoms with E-state index in [1.54, 1.807) is 0 Å². The summed E-state index contributed by atoms with van der Waals surface area (Å²) in [6, 6.07) is 13.8. The van der Waals surface area contributed by atoms with Crippen LogP contribution in [0.4, 0.5) is 5.69 Å². The average Bonchev–Trinajstić information content (AvgIpc) is 3.10. The predicted molar refractivity (Wildman–Crippen MR) is 191 cm³/mol. The second-order valence-corrected chi connectivity index (χ2v) is 14.0. The van der Waals surface area contributed by atoms with Crippen molar-refractivity contribution in [2.75, 3.05) is 70.7 Å². The molecule has 49 heavy (non-hydrogen) atoms. The Balaban J connectivity index is 1.17. The van der Waals surface area contributed by atoms with Gasteiger partial charge in [0.05, 0.1) is 32.5 Å². The van der Waals surface area contributed by atoms with Crippen LogP contribution in [0.25, 0.3) is 11.1 Å². The molecule has 262 valence electrons. The van der Waals surface area contributed by atoms with Crippen LogP contribution in [0.1, 0.15) is 63.6 Å². The summed E-state index contributed by atoms with van der Waals surface area (Å²) in [7, 11) is 0. The van der Waals surface area contributed by atoms with Gasteiger partial charge in [0.1, 0.15) is 0 Å². The number of pyridine rings is 1. The normalized spacial score (nSPS) is 19.3. The van der Waals surface area contributed by atoms with Crippen molar-refractivity contribution in [1.29, 1.82) is 0 Å². The van der Waals surface area contributed by atoms with Gasteiger partial charge in [-0.05, 0) is 85.5 Å². The summed E-state index contributed by atoms with van der Waals surface area (Å²) in [5.74, 6) is -0.162. The van der Waals surface area contributed by atoms with Crippen LogP contribution in [0.3, 0.4) is 0 Å². The third-order valence-corrected chi connectivity index (χ3v) is 11.0. The summed E-state index contributed by atoms with van der Waals surface area (Å²) in [5, 5.41) is 3.17. The van der Waals surface area contributed by atoms with E-state index >= 15 is 0 Å². The number of amides is 1. The highest BCUT2D eigenvalue weighted by molar-refractivity contribution is 5.99. The Hall–Kier alpha value is -3.54. The lowest BCUT2D eigenvalue weighted by Crippen LogP contribution is -2.51. The number of H-pyrrole nitrogens is 1. The molecule has 3 saturated heterocycles. The number of morpholine rings is 1. The second kappa shape index (κ2) is 15.1.